The summed E-state index contributed by atoms with van der Waals surface area (Å²) in [5.41, 5.74) is 6.84. The van der Waals surface area contributed by atoms with Crippen molar-refractivity contribution in [2.45, 2.75) is 41.5 Å². The van der Waals surface area contributed by atoms with Gasteiger partial charge in [-0.05, 0) is 63.8 Å². The molecular weight excluding hydrogens is 244 g/mol. The smallest absolute Gasteiger partial charge is 0.116 e. The lowest BCUT2D eigenvalue weighted by molar-refractivity contribution is -0.106. The lowest BCUT2D eigenvalue weighted by atomic mass is 10.1. The number of hydrogen-bond acceptors (Lipinski definition) is 1. The van der Waals surface area contributed by atoms with E-state index in [2.05, 4.69) is 77.1 Å². The van der Waals surface area contributed by atoms with Crippen molar-refractivity contribution >= 4 is 6.29 Å². The van der Waals surface area contributed by atoms with Crippen LogP contribution in [0.15, 0.2) is 42.5 Å². The van der Waals surface area contributed by atoms with Crippen molar-refractivity contribution in [2.75, 3.05) is 0 Å². The average molecular weight is 270 g/mol. The third-order valence-corrected chi connectivity index (χ3v) is 3.09. The Kier molecular flexibility index (Phi) is 9.02. The van der Waals surface area contributed by atoms with Gasteiger partial charge in [0.2, 0.25) is 0 Å². The number of rotatable bonds is 0. The van der Waals surface area contributed by atoms with Gasteiger partial charge in [0.1, 0.15) is 6.29 Å². The van der Waals surface area contributed by atoms with E-state index in [4.69, 9.17) is 4.79 Å². The molecule has 1 nitrogen and oxygen atoms in total. The van der Waals surface area contributed by atoms with E-state index in [9.17, 15) is 0 Å². The molecule has 0 N–H and O–H groups in total. The van der Waals surface area contributed by atoms with E-state index in [1.54, 1.807) is 0 Å². The summed E-state index contributed by atoms with van der Waals surface area (Å²) in [4.78, 5) is 8.81. The largest absolute Gasteiger partial charge is 0.304 e. The Morgan fingerprint density at radius 1 is 0.700 bits per heavy atom. The normalized spacial score (nSPS) is 8.70. The third-order valence-electron chi connectivity index (χ3n) is 3.09. The molecule has 0 saturated carbocycles. The maximum atomic E-state index is 8.81. The monoisotopic (exact) mass is 270 g/mol. The van der Waals surface area contributed by atoms with Crippen LogP contribution in [-0.4, -0.2) is 6.29 Å². The van der Waals surface area contributed by atoms with Gasteiger partial charge in [0.25, 0.3) is 0 Å². The first kappa shape index (κ1) is 18.1. The van der Waals surface area contributed by atoms with Gasteiger partial charge in [0.15, 0.2) is 0 Å². The second kappa shape index (κ2) is 9.96. The van der Waals surface area contributed by atoms with Crippen molar-refractivity contribution in [3.8, 4) is 0 Å². The highest BCUT2D eigenvalue weighted by molar-refractivity contribution is 5.44. The Hall–Kier alpha value is -1.89. The molecule has 0 aromatic heterocycles. The Balaban J connectivity index is 0.000000304. The van der Waals surface area contributed by atoms with E-state index in [-0.39, 0.29) is 0 Å². The van der Waals surface area contributed by atoms with Crippen molar-refractivity contribution in [3.05, 3.63) is 70.3 Å². The number of benzene rings is 2. The molecule has 0 amide bonds. The van der Waals surface area contributed by atoms with Gasteiger partial charge in [0, 0.05) is 0 Å². The zero-order chi connectivity index (χ0) is 15.5. The molecule has 0 aliphatic rings. The van der Waals surface area contributed by atoms with Crippen LogP contribution in [0.4, 0.5) is 0 Å². The fourth-order valence-electron chi connectivity index (χ4n) is 1.55. The molecule has 2 aromatic rings. The summed E-state index contributed by atoms with van der Waals surface area (Å²) in [7, 11) is 0. The molecule has 2 rings (SSSR count). The third kappa shape index (κ3) is 7.52. The number of hydrogen-bond donors (Lipinski definition) is 0. The minimum absolute atomic E-state index is 0.750. The van der Waals surface area contributed by atoms with E-state index in [1.807, 2.05) is 0 Å². The van der Waals surface area contributed by atoms with Crippen LogP contribution < -0.4 is 0 Å². The summed E-state index contributed by atoms with van der Waals surface area (Å²) < 4.78 is 0. The molecular formula is C19H26O. The van der Waals surface area contributed by atoms with E-state index >= 15 is 0 Å². The van der Waals surface area contributed by atoms with Crippen LogP contribution in [0.1, 0.15) is 34.7 Å². The summed E-state index contributed by atoms with van der Waals surface area (Å²) in [5.74, 6) is 0. The summed E-state index contributed by atoms with van der Waals surface area (Å²) in [5, 5.41) is 0. The molecule has 20 heavy (non-hydrogen) atoms. The molecule has 0 radical (unpaired) electrons. The van der Waals surface area contributed by atoms with Gasteiger partial charge in [-0.2, -0.15) is 0 Å². The van der Waals surface area contributed by atoms with Gasteiger partial charge in [-0.15, -0.1) is 0 Å². The van der Waals surface area contributed by atoms with Crippen molar-refractivity contribution in [3.63, 3.8) is 0 Å². The number of aldehydes is 1. The molecule has 0 spiro atoms. The molecule has 2 aromatic carbocycles. The minimum atomic E-state index is 0.750. The van der Waals surface area contributed by atoms with Crippen molar-refractivity contribution < 1.29 is 4.79 Å². The second-order valence-corrected chi connectivity index (χ2v) is 4.91. The predicted octanol–water partition coefficient (Wildman–Crippen LogP) is 5.12. The van der Waals surface area contributed by atoms with Crippen LogP contribution in [-0.2, 0) is 4.79 Å². The SMILES string of the molecule is CC=O.Cc1ccc(C)c(C)c1.Cc1ccccc1C. The van der Waals surface area contributed by atoms with Crippen molar-refractivity contribution in [1.29, 1.82) is 0 Å². The quantitative estimate of drug-likeness (QED) is 0.607. The fourth-order valence-corrected chi connectivity index (χ4v) is 1.55. The van der Waals surface area contributed by atoms with E-state index < -0.39 is 0 Å². The summed E-state index contributed by atoms with van der Waals surface area (Å²) >= 11 is 0. The Morgan fingerprint density at radius 2 is 1.10 bits per heavy atom. The molecule has 0 fully saturated rings. The first-order valence-corrected chi connectivity index (χ1v) is 6.88. The highest BCUT2D eigenvalue weighted by atomic mass is 16.1. The van der Waals surface area contributed by atoms with Gasteiger partial charge < -0.3 is 4.79 Å². The van der Waals surface area contributed by atoms with Crippen molar-refractivity contribution in [1.82, 2.24) is 0 Å². The molecule has 0 aliphatic heterocycles. The first-order chi connectivity index (χ1) is 9.42. The van der Waals surface area contributed by atoms with Crippen LogP contribution in [0.25, 0.3) is 0 Å². The topological polar surface area (TPSA) is 17.1 Å². The number of carbonyl (C=O) groups excluding carboxylic acids is 1. The van der Waals surface area contributed by atoms with E-state index in [0.29, 0.717) is 0 Å². The average Bonchev–Trinajstić information content (AvgIpc) is 2.40. The van der Waals surface area contributed by atoms with Crippen LogP contribution in [0.2, 0.25) is 0 Å². The van der Waals surface area contributed by atoms with Crippen LogP contribution in [0.5, 0.6) is 0 Å². The van der Waals surface area contributed by atoms with E-state index in [1.165, 1.54) is 34.7 Å². The molecule has 1 heteroatoms. The fraction of sp³-hybridized carbons (Fsp3) is 0.316. The molecule has 108 valence electrons. The maximum absolute atomic E-state index is 8.81. The van der Waals surface area contributed by atoms with Crippen LogP contribution >= 0.6 is 0 Å². The van der Waals surface area contributed by atoms with Crippen molar-refractivity contribution in [2.24, 2.45) is 0 Å². The molecule has 0 atom stereocenters. The summed E-state index contributed by atoms with van der Waals surface area (Å²) in [6.07, 6.45) is 0.750. The molecule has 0 unspecified atom stereocenters. The van der Waals surface area contributed by atoms with E-state index in [0.717, 1.165) is 6.29 Å². The number of aryl methyl sites for hydroxylation is 5. The molecule has 0 heterocycles. The van der Waals surface area contributed by atoms with Crippen LogP contribution in [0, 0.1) is 34.6 Å². The molecule has 0 aliphatic carbocycles. The van der Waals surface area contributed by atoms with Gasteiger partial charge in [-0.25, -0.2) is 0 Å². The zero-order valence-corrected chi connectivity index (χ0v) is 13.5. The van der Waals surface area contributed by atoms with Gasteiger partial charge in [0.05, 0.1) is 0 Å². The Morgan fingerprint density at radius 3 is 1.40 bits per heavy atom. The van der Waals surface area contributed by atoms with Crippen LogP contribution in [0.3, 0.4) is 0 Å². The predicted molar refractivity (Wildman–Crippen MR) is 88.3 cm³/mol. The Bertz CT molecular complexity index is 506. The summed E-state index contributed by atoms with van der Waals surface area (Å²) in [6, 6.07) is 14.9. The second-order valence-electron chi connectivity index (χ2n) is 4.91. The highest BCUT2D eigenvalue weighted by Crippen LogP contribution is 2.07. The molecule has 0 saturated heterocycles. The lowest BCUT2D eigenvalue weighted by Crippen LogP contribution is -1.79. The first-order valence-electron chi connectivity index (χ1n) is 6.88. The zero-order valence-electron chi connectivity index (χ0n) is 13.5. The molecule has 0 bridgehead atoms. The summed E-state index contributed by atoms with van der Waals surface area (Å²) in [6.45, 7) is 12.1. The minimum Gasteiger partial charge on any atom is -0.304 e. The Labute approximate surface area is 123 Å². The van der Waals surface area contributed by atoms with Gasteiger partial charge in [-0.3, -0.25) is 0 Å². The van der Waals surface area contributed by atoms with Gasteiger partial charge >= 0.3 is 0 Å². The maximum Gasteiger partial charge on any atom is 0.116 e. The number of carbonyl (C=O) groups is 1. The highest BCUT2D eigenvalue weighted by Gasteiger charge is 1.89. The lowest BCUT2D eigenvalue weighted by Gasteiger charge is -1.98. The van der Waals surface area contributed by atoms with Gasteiger partial charge in [-0.1, -0.05) is 48.0 Å². The standard InChI is InChI=1S/C9H12.C8H10.C2H4O/c1-7-4-5-8(2)9(3)6-7;1-7-5-3-4-6-8(7)2;1-2-3/h4-6H,1-3H3;3-6H,1-2H3;2H,1H3.